The number of carbonyl (C=O) groups excluding carboxylic acids is 2. The molecule has 6 nitrogen and oxygen atoms in total. The number of hydrogen-bond donors (Lipinski definition) is 0. The highest BCUT2D eigenvalue weighted by Crippen LogP contribution is 2.47. The number of aliphatic imine (C=N–C) groups is 1. The molecule has 2 aliphatic rings. The highest BCUT2D eigenvalue weighted by molar-refractivity contribution is 6.12. The van der Waals surface area contributed by atoms with Crippen LogP contribution in [0.5, 0.6) is 11.5 Å². The van der Waals surface area contributed by atoms with Gasteiger partial charge in [-0.3, -0.25) is 9.79 Å². The van der Waals surface area contributed by atoms with Crippen LogP contribution in [0.3, 0.4) is 0 Å². The van der Waals surface area contributed by atoms with Crippen molar-refractivity contribution >= 4 is 17.5 Å². The molecule has 2 atom stereocenters. The summed E-state index contributed by atoms with van der Waals surface area (Å²) in [4.78, 5) is 31.5. The number of nitrogens with zero attached hydrogens (tertiary/aromatic N) is 1. The maximum Gasteiger partial charge on any atom is 0.336 e. The largest absolute Gasteiger partial charge is 0.494 e. The summed E-state index contributed by atoms with van der Waals surface area (Å²) >= 11 is 0. The van der Waals surface area contributed by atoms with Crippen molar-refractivity contribution in [2.75, 3.05) is 19.8 Å². The maximum absolute atomic E-state index is 13.4. The Labute approximate surface area is 207 Å². The van der Waals surface area contributed by atoms with Gasteiger partial charge in [0.15, 0.2) is 0 Å². The number of allylic oxidation sites excluding steroid dienone is 1. The summed E-state index contributed by atoms with van der Waals surface area (Å²) in [5.41, 5.74) is 2.63. The fourth-order valence-corrected chi connectivity index (χ4v) is 5.05. The summed E-state index contributed by atoms with van der Waals surface area (Å²) in [6.07, 6.45) is 1.18. The molecule has 0 aromatic heterocycles. The molecule has 2 aromatic carbocycles. The molecule has 35 heavy (non-hydrogen) atoms. The number of ether oxygens (including phenoxy) is 3. The highest BCUT2D eigenvalue weighted by atomic mass is 16.6. The first-order valence-electron chi connectivity index (χ1n) is 12.2. The van der Waals surface area contributed by atoms with E-state index in [1.54, 1.807) is 0 Å². The number of fused-ring (bicyclic) bond motifs is 1. The molecule has 4 rings (SSSR count). The molecule has 0 amide bonds. The molecule has 1 aliphatic carbocycles. The number of ketones is 1. The van der Waals surface area contributed by atoms with Crippen LogP contribution in [0, 0.1) is 11.3 Å². The van der Waals surface area contributed by atoms with Crippen molar-refractivity contribution in [3.8, 4) is 11.5 Å². The maximum atomic E-state index is 13.4. The second-order valence-corrected chi connectivity index (χ2v) is 9.84. The van der Waals surface area contributed by atoms with Crippen LogP contribution in [0.4, 0.5) is 0 Å². The van der Waals surface area contributed by atoms with Gasteiger partial charge >= 0.3 is 5.97 Å². The molecule has 2 aromatic rings. The molecule has 1 unspecified atom stereocenters. The van der Waals surface area contributed by atoms with Crippen molar-refractivity contribution in [2.24, 2.45) is 16.3 Å². The first-order chi connectivity index (χ1) is 16.8. The Kier molecular flexibility index (Phi) is 7.39. The Bertz CT molecular complexity index is 1130. The zero-order valence-corrected chi connectivity index (χ0v) is 20.9. The van der Waals surface area contributed by atoms with Crippen LogP contribution in [0.25, 0.3) is 0 Å². The van der Waals surface area contributed by atoms with E-state index in [2.05, 4.69) is 13.8 Å². The van der Waals surface area contributed by atoms with E-state index in [-0.39, 0.29) is 24.4 Å². The SMILES string of the molecule is CCOc1ccc([C@H]2C(C(=O)OCCOc3ccccc3)=C(C)N=C3CC(C)(C)CC(=O)C32)cc1. The van der Waals surface area contributed by atoms with Crippen LogP contribution in [-0.4, -0.2) is 37.3 Å². The van der Waals surface area contributed by atoms with Crippen molar-refractivity contribution in [1.29, 1.82) is 0 Å². The summed E-state index contributed by atoms with van der Waals surface area (Å²) in [5, 5.41) is 0. The van der Waals surface area contributed by atoms with Gasteiger partial charge in [0.2, 0.25) is 0 Å². The lowest BCUT2D eigenvalue weighted by Crippen LogP contribution is -2.44. The van der Waals surface area contributed by atoms with E-state index in [1.807, 2.05) is 68.4 Å². The molecule has 1 heterocycles. The van der Waals surface area contributed by atoms with E-state index in [9.17, 15) is 9.59 Å². The van der Waals surface area contributed by atoms with Crippen LogP contribution in [0.1, 0.15) is 52.0 Å². The number of hydrogen-bond acceptors (Lipinski definition) is 6. The number of para-hydroxylation sites is 1. The Morgan fingerprint density at radius 1 is 0.943 bits per heavy atom. The van der Waals surface area contributed by atoms with Gasteiger partial charge in [0, 0.05) is 23.7 Å². The monoisotopic (exact) mass is 475 g/mol. The van der Waals surface area contributed by atoms with Crippen LogP contribution >= 0.6 is 0 Å². The molecule has 184 valence electrons. The van der Waals surface area contributed by atoms with E-state index >= 15 is 0 Å². The minimum Gasteiger partial charge on any atom is -0.494 e. The third kappa shape index (κ3) is 5.64. The number of benzene rings is 2. The third-order valence-corrected chi connectivity index (χ3v) is 6.46. The predicted molar refractivity (Wildman–Crippen MR) is 135 cm³/mol. The smallest absolute Gasteiger partial charge is 0.336 e. The molecule has 0 saturated heterocycles. The van der Waals surface area contributed by atoms with Crippen molar-refractivity contribution in [1.82, 2.24) is 0 Å². The van der Waals surface area contributed by atoms with E-state index in [4.69, 9.17) is 19.2 Å². The van der Waals surface area contributed by atoms with Crippen molar-refractivity contribution < 1.29 is 23.8 Å². The topological polar surface area (TPSA) is 74.2 Å². The van der Waals surface area contributed by atoms with Crippen molar-refractivity contribution in [2.45, 2.75) is 46.5 Å². The lowest BCUT2D eigenvalue weighted by molar-refractivity contribution is -0.140. The van der Waals surface area contributed by atoms with Crippen LogP contribution in [0.15, 0.2) is 70.9 Å². The minimum absolute atomic E-state index is 0.0999. The van der Waals surface area contributed by atoms with Gasteiger partial charge in [0.05, 0.1) is 18.1 Å². The van der Waals surface area contributed by atoms with E-state index in [1.165, 1.54) is 0 Å². The molecular formula is C29H33NO5. The number of esters is 1. The van der Waals surface area contributed by atoms with Crippen LogP contribution in [0.2, 0.25) is 0 Å². The quantitative estimate of drug-likeness (QED) is 0.371. The molecule has 1 aliphatic heterocycles. The molecule has 0 bridgehead atoms. The molecular weight excluding hydrogens is 442 g/mol. The lowest BCUT2D eigenvalue weighted by Gasteiger charge is -2.41. The molecule has 0 radical (unpaired) electrons. The van der Waals surface area contributed by atoms with Gasteiger partial charge in [-0.2, -0.15) is 0 Å². The second kappa shape index (κ2) is 10.5. The third-order valence-electron chi connectivity index (χ3n) is 6.46. The Balaban J connectivity index is 1.60. The fourth-order valence-electron chi connectivity index (χ4n) is 5.05. The average molecular weight is 476 g/mol. The van der Waals surface area contributed by atoms with E-state index in [0.29, 0.717) is 30.0 Å². The lowest BCUT2D eigenvalue weighted by atomic mass is 9.63. The predicted octanol–water partition coefficient (Wildman–Crippen LogP) is 5.53. The molecule has 1 saturated carbocycles. The zero-order chi connectivity index (χ0) is 25.0. The van der Waals surface area contributed by atoms with Gasteiger partial charge < -0.3 is 14.2 Å². The van der Waals surface area contributed by atoms with Crippen molar-refractivity contribution in [3.05, 3.63) is 71.4 Å². The molecule has 6 heteroatoms. The highest BCUT2D eigenvalue weighted by Gasteiger charge is 2.47. The normalized spacial score (nSPS) is 21.1. The summed E-state index contributed by atoms with van der Waals surface area (Å²) < 4.78 is 16.9. The summed E-state index contributed by atoms with van der Waals surface area (Å²) in [6, 6.07) is 17.0. The van der Waals surface area contributed by atoms with Gasteiger partial charge in [0.1, 0.15) is 30.5 Å². The molecule has 0 N–H and O–H groups in total. The second-order valence-electron chi connectivity index (χ2n) is 9.84. The Morgan fingerprint density at radius 2 is 1.63 bits per heavy atom. The summed E-state index contributed by atoms with van der Waals surface area (Å²) in [7, 11) is 0. The number of rotatable bonds is 8. The first kappa shape index (κ1) is 24.7. The van der Waals surface area contributed by atoms with Crippen LogP contribution < -0.4 is 9.47 Å². The first-order valence-corrected chi connectivity index (χ1v) is 12.2. The van der Waals surface area contributed by atoms with Gasteiger partial charge in [-0.15, -0.1) is 0 Å². The number of carbonyl (C=O) groups is 2. The Hall–Kier alpha value is -3.41. The number of Topliss-reactive ketones (excluding diaryl/α,β-unsaturated/α-hetero) is 1. The summed E-state index contributed by atoms with van der Waals surface area (Å²) in [6.45, 7) is 8.84. The Morgan fingerprint density at radius 3 is 2.31 bits per heavy atom. The van der Waals surface area contributed by atoms with Gasteiger partial charge in [-0.05, 0) is 55.5 Å². The standard InChI is InChI=1S/C29H33NO5/c1-5-33-22-13-11-20(12-14-22)26-25(28(32)35-16-15-34-21-9-7-6-8-10-21)19(2)30-23-17-29(3,4)18-24(31)27(23)26/h6-14,26-27H,5,15-18H2,1-4H3/t26-,27?/m0/s1. The van der Waals surface area contributed by atoms with Gasteiger partial charge in [0.25, 0.3) is 0 Å². The van der Waals surface area contributed by atoms with E-state index in [0.717, 1.165) is 23.4 Å². The van der Waals surface area contributed by atoms with Crippen molar-refractivity contribution in [3.63, 3.8) is 0 Å². The van der Waals surface area contributed by atoms with Gasteiger partial charge in [-0.1, -0.05) is 44.2 Å². The molecule has 1 fully saturated rings. The zero-order valence-electron chi connectivity index (χ0n) is 20.9. The summed E-state index contributed by atoms with van der Waals surface area (Å²) in [5.74, 6) is 0.216. The molecule has 0 spiro atoms. The van der Waals surface area contributed by atoms with E-state index < -0.39 is 17.8 Å². The fraction of sp³-hybridized carbons (Fsp3) is 0.414. The van der Waals surface area contributed by atoms with Gasteiger partial charge in [-0.25, -0.2) is 4.79 Å². The average Bonchev–Trinajstić information content (AvgIpc) is 2.81. The minimum atomic E-state index is -0.465. The van der Waals surface area contributed by atoms with Crippen LogP contribution in [-0.2, 0) is 14.3 Å².